The van der Waals surface area contributed by atoms with Crippen LogP contribution in [0.2, 0.25) is 0 Å². The summed E-state index contributed by atoms with van der Waals surface area (Å²) in [5.74, 6) is 0. The molecule has 20 heavy (non-hydrogen) atoms. The van der Waals surface area contributed by atoms with Crippen LogP contribution < -0.4 is 0 Å². The average Bonchev–Trinajstić information content (AvgIpc) is 2.37. The van der Waals surface area contributed by atoms with Crippen LogP contribution in [0.5, 0.6) is 0 Å². The smallest absolute Gasteiger partial charge is 0.410 e. The predicted molar refractivity (Wildman–Crippen MR) is 77.6 cm³/mol. The Labute approximate surface area is 120 Å². The summed E-state index contributed by atoms with van der Waals surface area (Å²) in [6.07, 6.45) is 2.22. The van der Waals surface area contributed by atoms with E-state index in [0.29, 0.717) is 19.8 Å². The fourth-order valence-corrected chi connectivity index (χ4v) is 1.46. The Morgan fingerprint density at radius 3 is 2.65 bits per heavy atom. The van der Waals surface area contributed by atoms with Gasteiger partial charge in [-0.3, -0.25) is 4.98 Å². The second-order valence-corrected chi connectivity index (χ2v) is 5.59. The van der Waals surface area contributed by atoms with Gasteiger partial charge in [0.1, 0.15) is 5.60 Å². The van der Waals surface area contributed by atoms with Crippen molar-refractivity contribution >= 4 is 6.09 Å². The third-order valence-electron chi connectivity index (χ3n) is 2.50. The molecule has 1 heterocycles. The van der Waals surface area contributed by atoms with Gasteiger partial charge in [0.15, 0.2) is 0 Å². The topological polar surface area (TPSA) is 51.7 Å². The molecule has 1 rings (SSSR count). The van der Waals surface area contributed by atoms with E-state index in [-0.39, 0.29) is 6.09 Å². The standard InChI is InChI=1S/C15H24N2O3/c1-15(2,3)20-14(18)17(4)10-12-19-11-8-13-7-5-6-9-16-13/h5-7,9H,8,10-12H2,1-4H3. The maximum absolute atomic E-state index is 11.7. The minimum atomic E-state index is -0.467. The lowest BCUT2D eigenvalue weighted by Gasteiger charge is -2.24. The zero-order valence-electron chi connectivity index (χ0n) is 12.8. The normalized spacial score (nSPS) is 11.2. The molecule has 0 N–H and O–H groups in total. The summed E-state index contributed by atoms with van der Waals surface area (Å²) in [6.45, 7) is 7.14. The molecule has 0 radical (unpaired) electrons. The molecule has 0 bridgehead atoms. The Hall–Kier alpha value is -1.62. The fraction of sp³-hybridized carbons (Fsp3) is 0.600. The molecule has 0 saturated heterocycles. The number of amides is 1. The second kappa shape index (κ2) is 7.85. The van der Waals surface area contributed by atoms with Gasteiger partial charge in [-0.25, -0.2) is 4.79 Å². The molecule has 0 aliphatic rings. The molecule has 0 saturated carbocycles. The van der Waals surface area contributed by atoms with Gasteiger partial charge in [-0.15, -0.1) is 0 Å². The summed E-state index contributed by atoms with van der Waals surface area (Å²) in [5.41, 5.74) is 0.540. The van der Waals surface area contributed by atoms with Gasteiger partial charge in [-0.1, -0.05) is 6.07 Å². The molecule has 0 aromatic carbocycles. The summed E-state index contributed by atoms with van der Waals surface area (Å²) in [5, 5.41) is 0. The van der Waals surface area contributed by atoms with E-state index >= 15 is 0 Å². The van der Waals surface area contributed by atoms with Crippen LogP contribution in [-0.2, 0) is 15.9 Å². The van der Waals surface area contributed by atoms with Gasteiger partial charge in [0.05, 0.1) is 13.2 Å². The van der Waals surface area contributed by atoms with Crippen LogP contribution in [0.15, 0.2) is 24.4 Å². The zero-order valence-corrected chi connectivity index (χ0v) is 12.8. The largest absolute Gasteiger partial charge is 0.444 e. The molecule has 0 aliphatic carbocycles. The molecule has 5 nitrogen and oxygen atoms in total. The number of hydrogen-bond acceptors (Lipinski definition) is 4. The van der Waals surface area contributed by atoms with E-state index in [1.807, 2.05) is 39.0 Å². The first-order chi connectivity index (χ1) is 9.38. The van der Waals surface area contributed by atoms with Gasteiger partial charge in [0.25, 0.3) is 0 Å². The average molecular weight is 280 g/mol. The van der Waals surface area contributed by atoms with E-state index in [4.69, 9.17) is 9.47 Å². The van der Waals surface area contributed by atoms with E-state index in [9.17, 15) is 4.79 Å². The monoisotopic (exact) mass is 280 g/mol. The van der Waals surface area contributed by atoms with E-state index in [1.54, 1.807) is 13.2 Å². The van der Waals surface area contributed by atoms with Crippen LogP contribution in [0.4, 0.5) is 4.79 Å². The van der Waals surface area contributed by atoms with Gasteiger partial charge >= 0.3 is 6.09 Å². The molecule has 1 amide bonds. The lowest BCUT2D eigenvalue weighted by molar-refractivity contribution is 0.0233. The molecule has 1 aromatic rings. The molecular formula is C15H24N2O3. The third kappa shape index (κ3) is 7.09. The van der Waals surface area contributed by atoms with Crippen molar-refractivity contribution in [3.05, 3.63) is 30.1 Å². The van der Waals surface area contributed by atoms with Crippen LogP contribution in [0.3, 0.4) is 0 Å². The minimum absolute atomic E-state index is 0.328. The number of rotatable bonds is 6. The number of likely N-dealkylation sites (N-methyl/N-ethyl adjacent to an activating group) is 1. The number of carbonyl (C=O) groups is 1. The zero-order chi connectivity index (χ0) is 15.0. The number of carbonyl (C=O) groups excluding carboxylic acids is 1. The number of pyridine rings is 1. The van der Waals surface area contributed by atoms with E-state index < -0.39 is 5.60 Å². The lowest BCUT2D eigenvalue weighted by atomic mass is 10.2. The van der Waals surface area contributed by atoms with E-state index in [2.05, 4.69) is 4.98 Å². The van der Waals surface area contributed by atoms with Gasteiger partial charge in [0.2, 0.25) is 0 Å². The molecule has 1 aromatic heterocycles. The van der Waals surface area contributed by atoms with Crippen molar-refractivity contribution in [3.63, 3.8) is 0 Å². The highest BCUT2D eigenvalue weighted by molar-refractivity contribution is 5.67. The van der Waals surface area contributed by atoms with Crippen molar-refractivity contribution in [1.29, 1.82) is 0 Å². The fourth-order valence-electron chi connectivity index (χ4n) is 1.46. The van der Waals surface area contributed by atoms with Crippen LogP contribution in [0, 0.1) is 0 Å². The molecule has 0 spiro atoms. The van der Waals surface area contributed by atoms with E-state index in [1.165, 1.54) is 4.90 Å². The first-order valence-electron chi connectivity index (χ1n) is 6.80. The Bertz CT molecular complexity index is 401. The maximum atomic E-state index is 11.7. The summed E-state index contributed by atoms with van der Waals surface area (Å²) in [7, 11) is 1.70. The van der Waals surface area contributed by atoms with Gasteiger partial charge < -0.3 is 14.4 Å². The number of ether oxygens (including phenoxy) is 2. The summed E-state index contributed by atoms with van der Waals surface area (Å²) in [6, 6.07) is 5.81. The van der Waals surface area contributed by atoms with Gasteiger partial charge in [-0.2, -0.15) is 0 Å². The Morgan fingerprint density at radius 2 is 2.05 bits per heavy atom. The third-order valence-corrected chi connectivity index (χ3v) is 2.50. The molecule has 0 aliphatic heterocycles. The quantitative estimate of drug-likeness (QED) is 0.751. The van der Waals surface area contributed by atoms with Crippen molar-refractivity contribution < 1.29 is 14.3 Å². The lowest BCUT2D eigenvalue weighted by Crippen LogP contribution is -2.36. The van der Waals surface area contributed by atoms with Crippen molar-refractivity contribution in [1.82, 2.24) is 9.88 Å². The highest BCUT2D eigenvalue weighted by atomic mass is 16.6. The SMILES string of the molecule is CN(CCOCCc1ccccn1)C(=O)OC(C)(C)C. The summed E-state index contributed by atoms with van der Waals surface area (Å²) >= 11 is 0. The Morgan fingerprint density at radius 1 is 1.30 bits per heavy atom. The van der Waals surface area contributed by atoms with Crippen molar-refractivity contribution in [2.45, 2.75) is 32.8 Å². The molecule has 0 unspecified atom stereocenters. The van der Waals surface area contributed by atoms with Crippen LogP contribution in [0.1, 0.15) is 26.5 Å². The minimum Gasteiger partial charge on any atom is -0.444 e. The maximum Gasteiger partial charge on any atom is 0.410 e. The highest BCUT2D eigenvalue weighted by Crippen LogP contribution is 2.08. The first-order valence-corrected chi connectivity index (χ1v) is 6.80. The predicted octanol–water partition coefficient (Wildman–Crippen LogP) is 2.51. The first kappa shape index (κ1) is 16.4. The van der Waals surface area contributed by atoms with Crippen molar-refractivity contribution in [3.8, 4) is 0 Å². The highest BCUT2D eigenvalue weighted by Gasteiger charge is 2.19. The van der Waals surface area contributed by atoms with Crippen LogP contribution >= 0.6 is 0 Å². The van der Waals surface area contributed by atoms with Crippen molar-refractivity contribution in [2.24, 2.45) is 0 Å². The number of hydrogen-bond donors (Lipinski definition) is 0. The summed E-state index contributed by atoms with van der Waals surface area (Å²) < 4.78 is 10.7. The molecule has 5 heteroatoms. The second-order valence-electron chi connectivity index (χ2n) is 5.59. The molecular weight excluding hydrogens is 256 g/mol. The summed E-state index contributed by atoms with van der Waals surface area (Å²) in [4.78, 5) is 17.4. The van der Waals surface area contributed by atoms with E-state index in [0.717, 1.165) is 12.1 Å². The van der Waals surface area contributed by atoms with Crippen LogP contribution in [0.25, 0.3) is 0 Å². The number of nitrogens with zero attached hydrogens (tertiary/aromatic N) is 2. The van der Waals surface area contributed by atoms with Crippen LogP contribution in [-0.4, -0.2) is 48.4 Å². The Balaban J connectivity index is 2.13. The molecule has 112 valence electrons. The Kier molecular flexibility index (Phi) is 6.45. The molecule has 0 atom stereocenters. The molecule has 0 fully saturated rings. The van der Waals surface area contributed by atoms with Gasteiger partial charge in [0, 0.05) is 31.9 Å². The van der Waals surface area contributed by atoms with Gasteiger partial charge in [-0.05, 0) is 32.9 Å². The number of aromatic nitrogens is 1. The van der Waals surface area contributed by atoms with Crippen molar-refractivity contribution in [2.75, 3.05) is 26.8 Å².